The van der Waals surface area contributed by atoms with E-state index in [-0.39, 0.29) is 6.61 Å². The molecule has 0 radical (unpaired) electrons. The molecule has 0 spiro atoms. The van der Waals surface area contributed by atoms with Gasteiger partial charge in [-0.3, -0.25) is 0 Å². The van der Waals surface area contributed by atoms with Crippen molar-refractivity contribution < 1.29 is 15.3 Å². The van der Waals surface area contributed by atoms with Crippen LogP contribution in [0.25, 0.3) is 0 Å². The first-order valence-electron chi connectivity index (χ1n) is 8.65. The highest BCUT2D eigenvalue weighted by molar-refractivity contribution is 5.06. The van der Waals surface area contributed by atoms with E-state index in [9.17, 15) is 10.2 Å². The summed E-state index contributed by atoms with van der Waals surface area (Å²) in [6.07, 6.45) is 11.2. The van der Waals surface area contributed by atoms with Crippen LogP contribution in [0.1, 0.15) is 73.1 Å². The number of rotatable bonds is 11. The van der Waals surface area contributed by atoms with Crippen LogP contribution in [0.3, 0.4) is 0 Å². The molecule has 0 aromatic heterocycles. The van der Waals surface area contributed by atoms with Crippen molar-refractivity contribution in [2.24, 2.45) is 0 Å². The van der Waals surface area contributed by atoms with Crippen molar-refractivity contribution in [3.8, 4) is 0 Å². The molecule has 134 valence electrons. The number of hydrogen-bond donors (Lipinski definition) is 3. The Hall–Kier alpha value is -0.900. The lowest BCUT2D eigenvalue weighted by molar-refractivity contribution is -0.0509. The van der Waals surface area contributed by atoms with Crippen LogP contribution in [0.4, 0.5) is 0 Å². The molecular weight excluding hydrogens is 288 g/mol. The summed E-state index contributed by atoms with van der Waals surface area (Å²) in [6.45, 7) is 9.70. The Labute approximate surface area is 142 Å². The van der Waals surface area contributed by atoms with E-state index in [2.05, 4.69) is 26.0 Å². The Kier molecular flexibility index (Phi) is 11.2. The Morgan fingerprint density at radius 2 is 1.30 bits per heavy atom. The summed E-state index contributed by atoms with van der Waals surface area (Å²) >= 11 is 0. The predicted molar refractivity (Wildman–Crippen MR) is 98.4 cm³/mol. The third-order valence-electron chi connectivity index (χ3n) is 4.13. The molecule has 1 atom stereocenters. The van der Waals surface area contributed by atoms with Crippen LogP contribution in [0, 0.1) is 0 Å². The molecule has 0 aromatic rings. The highest BCUT2D eigenvalue weighted by atomic mass is 16.3. The second-order valence-electron chi connectivity index (χ2n) is 7.12. The van der Waals surface area contributed by atoms with Gasteiger partial charge in [0.1, 0.15) is 0 Å². The maximum Gasteiger partial charge on any atom is 0.0849 e. The average molecular weight is 325 g/mol. The highest BCUT2D eigenvalue weighted by Crippen LogP contribution is 2.17. The number of aliphatic hydroxyl groups excluding tert-OH is 2. The van der Waals surface area contributed by atoms with Crippen LogP contribution >= 0.6 is 0 Å². The Morgan fingerprint density at radius 1 is 0.870 bits per heavy atom. The van der Waals surface area contributed by atoms with Gasteiger partial charge in [0.2, 0.25) is 0 Å². The topological polar surface area (TPSA) is 60.7 Å². The van der Waals surface area contributed by atoms with Crippen molar-refractivity contribution >= 4 is 0 Å². The fourth-order valence-electron chi connectivity index (χ4n) is 2.27. The largest absolute Gasteiger partial charge is 0.392 e. The van der Waals surface area contributed by atoms with Gasteiger partial charge in [0.15, 0.2) is 0 Å². The van der Waals surface area contributed by atoms with E-state index in [1.807, 2.05) is 13.0 Å². The Bertz CT molecular complexity index is 411. The van der Waals surface area contributed by atoms with Crippen LogP contribution < -0.4 is 0 Å². The maximum atomic E-state index is 9.82. The number of allylic oxidation sites excluding steroid dienone is 5. The number of hydrogen-bond acceptors (Lipinski definition) is 3. The molecule has 0 saturated carbocycles. The lowest BCUT2D eigenvalue weighted by Gasteiger charge is -2.24. The fraction of sp³-hybridized carbons (Fsp3) is 0.700. The zero-order valence-corrected chi connectivity index (χ0v) is 15.6. The quantitative estimate of drug-likeness (QED) is 0.497. The van der Waals surface area contributed by atoms with Gasteiger partial charge < -0.3 is 15.3 Å². The first-order valence-corrected chi connectivity index (χ1v) is 8.65. The van der Waals surface area contributed by atoms with Crippen molar-refractivity contribution in [2.75, 3.05) is 6.61 Å². The minimum Gasteiger partial charge on any atom is -0.392 e. The molecule has 0 rings (SSSR count). The highest BCUT2D eigenvalue weighted by Gasteiger charge is 2.23. The first kappa shape index (κ1) is 22.1. The smallest absolute Gasteiger partial charge is 0.0849 e. The lowest BCUT2D eigenvalue weighted by Crippen LogP contribution is -2.35. The summed E-state index contributed by atoms with van der Waals surface area (Å²) < 4.78 is 0. The predicted octanol–water partition coefficient (Wildman–Crippen LogP) is 4.29. The SMILES string of the molecule is C/C(=C\CO)CC/C=C(\C)CC/C=C(\C)CC[C@H](O)C(C)(C)O. The Balaban J connectivity index is 4.04. The normalized spacial score (nSPS) is 15.9. The molecule has 3 N–H and O–H groups in total. The van der Waals surface area contributed by atoms with Crippen molar-refractivity contribution in [2.45, 2.75) is 84.8 Å². The van der Waals surface area contributed by atoms with Crippen molar-refractivity contribution in [1.82, 2.24) is 0 Å². The molecule has 0 heterocycles. The zero-order chi connectivity index (χ0) is 17.9. The maximum absolute atomic E-state index is 9.82. The van der Waals surface area contributed by atoms with Crippen LogP contribution in [0.15, 0.2) is 34.9 Å². The third-order valence-corrected chi connectivity index (χ3v) is 4.13. The molecule has 0 amide bonds. The molecule has 3 nitrogen and oxygen atoms in total. The van der Waals surface area contributed by atoms with Crippen molar-refractivity contribution in [1.29, 1.82) is 0 Å². The summed E-state index contributed by atoms with van der Waals surface area (Å²) in [5.41, 5.74) is 2.87. The van der Waals surface area contributed by atoms with E-state index in [0.29, 0.717) is 6.42 Å². The van der Waals surface area contributed by atoms with Crippen LogP contribution in [0.5, 0.6) is 0 Å². The van der Waals surface area contributed by atoms with E-state index in [4.69, 9.17) is 5.11 Å². The van der Waals surface area contributed by atoms with Gasteiger partial charge in [-0.25, -0.2) is 0 Å². The van der Waals surface area contributed by atoms with Gasteiger partial charge >= 0.3 is 0 Å². The van der Waals surface area contributed by atoms with Gasteiger partial charge in [-0.2, -0.15) is 0 Å². The van der Waals surface area contributed by atoms with Crippen molar-refractivity contribution in [3.05, 3.63) is 34.9 Å². The minimum absolute atomic E-state index is 0.126. The van der Waals surface area contributed by atoms with Crippen LogP contribution in [-0.2, 0) is 0 Å². The van der Waals surface area contributed by atoms with E-state index < -0.39 is 11.7 Å². The second kappa shape index (κ2) is 11.6. The Morgan fingerprint density at radius 3 is 1.74 bits per heavy atom. The van der Waals surface area contributed by atoms with E-state index >= 15 is 0 Å². The molecule has 0 aliphatic carbocycles. The average Bonchev–Trinajstić information content (AvgIpc) is 2.44. The van der Waals surface area contributed by atoms with Crippen LogP contribution in [-0.4, -0.2) is 33.6 Å². The molecule has 23 heavy (non-hydrogen) atoms. The van der Waals surface area contributed by atoms with E-state index in [1.165, 1.54) is 16.7 Å². The van der Waals surface area contributed by atoms with Gasteiger partial charge in [-0.15, -0.1) is 0 Å². The molecule has 0 aliphatic rings. The summed E-state index contributed by atoms with van der Waals surface area (Å²) in [5.74, 6) is 0. The van der Waals surface area contributed by atoms with Gasteiger partial charge in [0, 0.05) is 0 Å². The van der Waals surface area contributed by atoms with Gasteiger partial charge in [0.25, 0.3) is 0 Å². The lowest BCUT2D eigenvalue weighted by atomic mass is 9.95. The van der Waals surface area contributed by atoms with Gasteiger partial charge in [-0.1, -0.05) is 34.9 Å². The molecule has 0 unspecified atom stereocenters. The zero-order valence-electron chi connectivity index (χ0n) is 15.6. The van der Waals surface area contributed by atoms with Gasteiger partial charge in [0.05, 0.1) is 18.3 Å². The molecule has 0 aliphatic heterocycles. The standard InChI is InChI=1S/C20H36O3/c1-16(9-7-11-18(3)14-15-21)8-6-10-17(2)12-13-19(22)20(4,5)23/h9-10,14,19,21-23H,6-8,11-13,15H2,1-5H3/b16-9+,17-10+,18-14+/t19-/m0/s1. The summed E-state index contributed by atoms with van der Waals surface area (Å²) in [7, 11) is 0. The number of aliphatic hydroxyl groups is 3. The first-order chi connectivity index (χ1) is 10.7. The molecule has 0 aromatic carbocycles. The second-order valence-corrected chi connectivity index (χ2v) is 7.12. The van der Waals surface area contributed by atoms with Gasteiger partial charge in [-0.05, 0) is 73.1 Å². The molecule has 0 bridgehead atoms. The third kappa shape index (κ3) is 12.2. The van der Waals surface area contributed by atoms with Crippen molar-refractivity contribution in [3.63, 3.8) is 0 Å². The molecular formula is C20H36O3. The molecule has 0 fully saturated rings. The fourth-order valence-corrected chi connectivity index (χ4v) is 2.27. The summed E-state index contributed by atoms with van der Waals surface area (Å²) in [6, 6.07) is 0. The molecule has 3 heteroatoms. The summed E-state index contributed by atoms with van der Waals surface area (Å²) in [4.78, 5) is 0. The summed E-state index contributed by atoms with van der Waals surface area (Å²) in [5, 5.41) is 28.3. The monoisotopic (exact) mass is 324 g/mol. The van der Waals surface area contributed by atoms with E-state index in [1.54, 1.807) is 13.8 Å². The van der Waals surface area contributed by atoms with Crippen LogP contribution in [0.2, 0.25) is 0 Å². The minimum atomic E-state index is -1.03. The molecule has 0 saturated heterocycles. The van der Waals surface area contributed by atoms with E-state index in [0.717, 1.165) is 32.1 Å².